The summed E-state index contributed by atoms with van der Waals surface area (Å²) in [6.45, 7) is 6.22. The summed E-state index contributed by atoms with van der Waals surface area (Å²) < 4.78 is 24.8. The maximum absolute atomic E-state index is 14.0. The number of hydrogen-bond donors (Lipinski definition) is 3. The number of halogens is 1. The Morgan fingerprint density at radius 1 is 1.38 bits per heavy atom. The van der Waals surface area contributed by atoms with Crippen LogP contribution in [0.2, 0.25) is 0 Å². The van der Waals surface area contributed by atoms with Crippen LogP contribution in [-0.2, 0) is 4.74 Å². The van der Waals surface area contributed by atoms with E-state index >= 15 is 0 Å². The fourth-order valence-electron chi connectivity index (χ4n) is 2.59. The molecule has 1 aliphatic rings. The van der Waals surface area contributed by atoms with Gasteiger partial charge in [0.2, 0.25) is 0 Å². The number of nitrogens with zero attached hydrogens (tertiary/aromatic N) is 2. The Hall–Kier alpha value is -2.61. The second-order valence-corrected chi connectivity index (χ2v) is 6.19. The zero-order valence-electron chi connectivity index (χ0n) is 15.4. The zero-order valence-corrected chi connectivity index (χ0v) is 15.4. The minimum absolute atomic E-state index is 0.00878. The molecule has 1 aromatic rings. The largest absolute Gasteiger partial charge is 0.488 e. The van der Waals surface area contributed by atoms with Gasteiger partial charge < -0.3 is 25.8 Å². The quantitative estimate of drug-likeness (QED) is 0.419. The Morgan fingerprint density at radius 3 is 2.62 bits per heavy atom. The fraction of sp³-hybridized carbons (Fsp3) is 0.444. The summed E-state index contributed by atoms with van der Waals surface area (Å²) in [5.41, 5.74) is 12.6. The molecule has 7 nitrogen and oxygen atoms in total. The van der Waals surface area contributed by atoms with Gasteiger partial charge >= 0.3 is 0 Å². The van der Waals surface area contributed by atoms with Crippen LogP contribution in [0.3, 0.4) is 0 Å². The van der Waals surface area contributed by atoms with Crippen LogP contribution < -0.4 is 16.2 Å². The van der Waals surface area contributed by atoms with Crippen LogP contribution >= 0.6 is 0 Å². The highest BCUT2D eigenvalue weighted by molar-refractivity contribution is 6.15. The highest BCUT2D eigenvalue weighted by Gasteiger charge is 2.18. The molecule has 0 amide bonds. The lowest BCUT2D eigenvalue weighted by atomic mass is 10.0. The number of aliphatic imine (C=N–C) groups is 1. The van der Waals surface area contributed by atoms with Gasteiger partial charge in [-0.1, -0.05) is 0 Å². The Balaban J connectivity index is 2.28. The number of amidine groups is 1. The van der Waals surface area contributed by atoms with Crippen LogP contribution in [0.25, 0.3) is 0 Å². The number of hydrogen-bond acceptors (Lipinski definition) is 6. The van der Waals surface area contributed by atoms with Crippen molar-refractivity contribution in [3.63, 3.8) is 0 Å². The molecule has 0 atom stereocenters. The third-order valence-corrected chi connectivity index (χ3v) is 3.87. The molecule has 0 bridgehead atoms. The number of rotatable bonds is 5. The number of nitrogens with two attached hydrogens (primary N) is 2. The van der Waals surface area contributed by atoms with Gasteiger partial charge in [-0.3, -0.25) is 10.4 Å². The second kappa shape index (κ2) is 8.66. The molecule has 1 saturated heterocycles. The molecule has 142 valence electrons. The van der Waals surface area contributed by atoms with Crippen LogP contribution in [0.5, 0.6) is 5.75 Å². The second-order valence-electron chi connectivity index (χ2n) is 6.19. The standard InChI is InChI=1S/C18H26FN5O2/c1-11(2)26-16-8-12(14(20)9-13(16)19)18(22)15(21)10-17(23-3)24-4-6-25-7-5-24/h8-11,22H,4-7,20-21H2,1-3H3. The van der Waals surface area contributed by atoms with E-state index in [1.165, 1.54) is 6.07 Å². The summed E-state index contributed by atoms with van der Waals surface area (Å²) in [5.74, 6) is 0.133. The summed E-state index contributed by atoms with van der Waals surface area (Å²) in [4.78, 5) is 6.27. The lowest BCUT2D eigenvalue weighted by Gasteiger charge is -2.28. The van der Waals surface area contributed by atoms with Crippen molar-refractivity contribution in [3.05, 3.63) is 35.3 Å². The molecule has 0 spiro atoms. The van der Waals surface area contributed by atoms with Gasteiger partial charge in [-0.05, 0) is 19.9 Å². The minimum Gasteiger partial charge on any atom is -0.488 e. The van der Waals surface area contributed by atoms with E-state index in [9.17, 15) is 4.39 Å². The normalized spacial score (nSPS) is 16.1. The number of allylic oxidation sites excluding steroid dienone is 1. The first-order valence-corrected chi connectivity index (χ1v) is 8.45. The van der Waals surface area contributed by atoms with Crippen LogP contribution in [0.4, 0.5) is 10.1 Å². The minimum atomic E-state index is -0.570. The van der Waals surface area contributed by atoms with Crippen molar-refractivity contribution < 1.29 is 13.9 Å². The average Bonchev–Trinajstić information content (AvgIpc) is 2.61. The van der Waals surface area contributed by atoms with Gasteiger partial charge in [0.1, 0.15) is 5.84 Å². The Morgan fingerprint density at radius 2 is 2.04 bits per heavy atom. The number of anilines is 1. The first-order valence-electron chi connectivity index (χ1n) is 8.45. The summed E-state index contributed by atoms with van der Waals surface area (Å²) in [6.07, 6.45) is 1.42. The first-order chi connectivity index (χ1) is 12.3. The lowest BCUT2D eigenvalue weighted by molar-refractivity contribution is 0.0684. The number of nitrogens with one attached hydrogen (secondary N) is 1. The molecular formula is C18H26FN5O2. The molecule has 1 fully saturated rings. The molecule has 5 N–H and O–H groups in total. The predicted molar refractivity (Wildman–Crippen MR) is 101 cm³/mol. The summed E-state index contributed by atoms with van der Waals surface area (Å²) in [7, 11) is 1.67. The van der Waals surface area contributed by atoms with Crippen LogP contribution in [-0.4, -0.2) is 55.9 Å². The van der Waals surface area contributed by atoms with E-state index < -0.39 is 5.82 Å². The topological polar surface area (TPSA) is 110 Å². The van der Waals surface area contributed by atoms with Crippen molar-refractivity contribution in [1.29, 1.82) is 5.41 Å². The molecule has 0 radical (unpaired) electrons. The van der Waals surface area contributed by atoms with E-state index in [0.717, 1.165) is 6.07 Å². The number of benzene rings is 1. The maximum Gasteiger partial charge on any atom is 0.167 e. The van der Waals surface area contributed by atoms with Gasteiger partial charge in [-0.2, -0.15) is 0 Å². The van der Waals surface area contributed by atoms with E-state index in [0.29, 0.717) is 37.7 Å². The summed E-state index contributed by atoms with van der Waals surface area (Å²) >= 11 is 0. The molecular weight excluding hydrogens is 337 g/mol. The van der Waals surface area contributed by atoms with Crippen molar-refractivity contribution in [2.24, 2.45) is 10.7 Å². The number of nitrogen functional groups attached to an aromatic ring is 1. The van der Waals surface area contributed by atoms with Crippen molar-refractivity contribution in [2.45, 2.75) is 20.0 Å². The van der Waals surface area contributed by atoms with Gasteiger partial charge in [-0.15, -0.1) is 0 Å². The van der Waals surface area contributed by atoms with Gasteiger partial charge in [0, 0.05) is 43.5 Å². The van der Waals surface area contributed by atoms with Gasteiger partial charge in [0.25, 0.3) is 0 Å². The molecule has 0 unspecified atom stereocenters. The zero-order chi connectivity index (χ0) is 19.3. The summed E-state index contributed by atoms with van der Waals surface area (Å²) in [5, 5.41) is 8.36. The maximum atomic E-state index is 14.0. The monoisotopic (exact) mass is 363 g/mol. The van der Waals surface area contributed by atoms with Gasteiger partial charge in [0.15, 0.2) is 11.6 Å². The third-order valence-electron chi connectivity index (χ3n) is 3.87. The van der Waals surface area contributed by atoms with Crippen molar-refractivity contribution >= 4 is 17.2 Å². The van der Waals surface area contributed by atoms with Gasteiger partial charge in [-0.25, -0.2) is 4.39 Å². The fourth-order valence-corrected chi connectivity index (χ4v) is 2.59. The predicted octanol–water partition coefficient (Wildman–Crippen LogP) is 1.77. The molecule has 26 heavy (non-hydrogen) atoms. The SMILES string of the molecule is CN=C(C=C(N)C(=N)c1cc(OC(C)C)c(F)cc1N)N1CCOCC1. The Labute approximate surface area is 153 Å². The molecule has 8 heteroatoms. The van der Waals surface area contributed by atoms with Crippen LogP contribution in [0.15, 0.2) is 28.9 Å². The molecule has 1 aliphatic heterocycles. The molecule has 2 rings (SSSR count). The number of ether oxygens (including phenoxy) is 2. The average molecular weight is 363 g/mol. The third kappa shape index (κ3) is 4.72. The molecule has 0 aliphatic carbocycles. The highest BCUT2D eigenvalue weighted by Crippen LogP contribution is 2.26. The Kier molecular flexibility index (Phi) is 6.57. The highest BCUT2D eigenvalue weighted by atomic mass is 19.1. The lowest BCUT2D eigenvalue weighted by Crippen LogP contribution is -2.40. The van der Waals surface area contributed by atoms with E-state index in [4.69, 9.17) is 26.4 Å². The molecule has 1 aromatic carbocycles. The Bertz CT molecular complexity index is 725. The van der Waals surface area contributed by atoms with Crippen molar-refractivity contribution in [3.8, 4) is 5.75 Å². The smallest absolute Gasteiger partial charge is 0.167 e. The van der Waals surface area contributed by atoms with E-state index in [1.807, 2.05) is 4.90 Å². The van der Waals surface area contributed by atoms with E-state index in [1.54, 1.807) is 27.0 Å². The van der Waals surface area contributed by atoms with Crippen molar-refractivity contribution in [1.82, 2.24) is 4.90 Å². The summed E-state index contributed by atoms with van der Waals surface area (Å²) in [6, 6.07) is 2.55. The molecule has 0 saturated carbocycles. The van der Waals surface area contributed by atoms with E-state index in [2.05, 4.69) is 4.99 Å². The molecule has 0 aromatic heterocycles. The molecule has 1 heterocycles. The van der Waals surface area contributed by atoms with Gasteiger partial charge in [0.05, 0.1) is 30.7 Å². The van der Waals surface area contributed by atoms with Crippen LogP contribution in [0.1, 0.15) is 19.4 Å². The first kappa shape index (κ1) is 19.7. The number of morpholine rings is 1. The van der Waals surface area contributed by atoms with Crippen molar-refractivity contribution in [2.75, 3.05) is 39.1 Å². The van der Waals surface area contributed by atoms with Crippen LogP contribution in [0, 0.1) is 11.2 Å². The van der Waals surface area contributed by atoms with E-state index in [-0.39, 0.29) is 28.9 Å².